The molecule has 0 aromatic heterocycles. The minimum atomic E-state index is 0.0993. The molecule has 1 heterocycles. The molecule has 1 aliphatic rings. The number of hydrogen-bond acceptors (Lipinski definition) is 2. The summed E-state index contributed by atoms with van der Waals surface area (Å²) in [5.74, 6) is 1.66. The number of nitrogens with two attached hydrogens (primary N) is 1. The van der Waals surface area contributed by atoms with Crippen molar-refractivity contribution in [1.29, 1.82) is 0 Å². The van der Waals surface area contributed by atoms with Gasteiger partial charge in [-0.1, -0.05) is 47.6 Å². The summed E-state index contributed by atoms with van der Waals surface area (Å²) in [6.07, 6.45) is 2.25. The van der Waals surface area contributed by atoms with Gasteiger partial charge in [0.1, 0.15) is 5.75 Å². The Hall–Kier alpha value is -1.02. The lowest BCUT2D eigenvalue weighted by molar-refractivity contribution is 0.286. The molecule has 0 amide bonds. The SMILES string of the molecule is CC(CC(N)c1ccc2c(c1)C(C)(C)CO2)CC(C)(C)C. The van der Waals surface area contributed by atoms with Gasteiger partial charge in [0.25, 0.3) is 0 Å². The van der Waals surface area contributed by atoms with E-state index in [1.807, 2.05) is 0 Å². The van der Waals surface area contributed by atoms with E-state index in [-0.39, 0.29) is 11.5 Å². The first-order valence-corrected chi connectivity index (χ1v) is 8.11. The summed E-state index contributed by atoms with van der Waals surface area (Å²) in [6.45, 7) is 14.4. The lowest BCUT2D eigenvalue weighted by Crippen LogP contribution is -2.20. The van der Waals surface area contributed by atoms with Crippen molar-refractivity contribution in [3.05, 3.63) is 29.3 Å². The van der Waals surface area contributed by atoms with Crippen LogP contribution in [-0.2, 0) is 5.41 Å². The molecule has 2 N–H and O–H groups in total. The summed E-state index contributed by atoms with van der Waals surface area (Å²) in [5, 5.41) is 0. The Kier molecular flexibility index (Phi) is 4.39. The Bertz CT molecular complexity index is 499. The second kappa shape index (κ2) is 5.64. The molecule has 2 nitrogen and oxygen atoms in total. The zero-order chi connectivity index (χ0) is 15.8. The third-order valence-electron chi connectivity index (χ3n) is 4.37. The highest BCUT2D eigenvalue weighted by atomic mass is 16.5. The van der Waals surface area contributed by atoms with Gasteiger partial charge >= 0.3 is 0 Å². The van der Waals surface area contributed by atoms with Gasteiger partial charge in [-0.15, -0.1) is 0 Å². The van der Waals surface area contributed by atoms with Gasteiger partial charge in [-0.25, -0.2) is 0 Å². The van der Waals surface area contributed by atoms with Crippen molar-refractivity contribution in [2.75, 3.05) is 6.61 Å². The molecule has 2 rings (SSSR count). The van der Waals surface area contributed by atoms with Crippen LogP contribution in [0.25, 0.3) is 0 Å². The van der Waals surface area contributed by atoms with E-state index in [0.717, 1.165) is 18.8 Å². The fourth-order valence-corrected chi connectivity index (χ4v) is 3.47. The number of hydrogen-bond donors (Lipinski definition) is 1. The van der Waals surface area contributed by atoms with Gasteiger partial charge in [0.2, 0.25) is 0 Å². The van der Waals surface area contributed by atoms with E-state index >= 15 is 0 Å². The van der Waals surface area contributed by atoms with E-state index in [4.69, 9.17) is 10.5 Å². The molecule has 0 aliphatic carbocycles. The summed E-state index contributed by atoms with van der Waals surface area (Å²) < 4.78 is 5.75. The Morgan fingerprint density at radius 3 is 2.57 bits per heavy atom. The largest absolute Gasteiger partial charge is 0.492 e. The number of ether oxygens (including phenoxy) is 1. The van der Waals surface area contributed by atoms with Crippen LogP contribution in [0, 0.1) is 11.3 Å². The van der Waals surface area contributed by atoms with Crippen LogP contribution in [0.2, 0.25) is 0 Å². The minimum absolute atomic E-state index is 0.0993. The lowest BCUT2D eigenvalue weighted by atomic mass is 9.81. The van der Waals surface area contributed by atoms with Crippen LogP contribution in [0.1, 0.15) is 71.6 Å². The van der Waals surface area contributed by atoms with Gasteiger partial charge in [-0.2, -0.15) is 0 Å². The molecule has 2 unspecified atom stereocenters. The fraction of sp³-hybridized carbons (Fsp3) is 0.684. The van der Waals surface area contributed by atoms with Crippen LogP contribution in [0.5, 0.6) is 5.75 Å². The zero-order valence-electron chi connectivity index (χ0n) is 14.5. The lowest BCUT2D eigenvalue weighted by Gasteiger charge is -2.26. The van der Waals surface area contributed by atoms with Crippen molar-refractivity contribution in [1.82, 2.24) is 0 Å². The van der Waals surface area contributed by atoms with Crippen LogP contribution in [-0.4, -0.2) is 6.61 Å². The highest BCUT2D eigenvalue weighted by Gasteiger charge is 2.32. The maximum atomic E-state index is 6.46. The number of rotatable bonds is 4. The standard InChI is InChI=1S/C19H31NO/c1-13(11-18(2,3)4)9-16(20)14-7-8-17-15(10-14)19(5,6)12-21-17/h7-8,10,13,16H,9,11-12,20H2,1-6H3. The smallest absolute Gasteiger partial charge is 0.123 e. The first kappa shape index (κ1) is 16.4. The van der Waals surface area contributed by atoms with E-state index in [1.165, 1.54) is 17.5 Å². The fourth-order valence-electron chi connectivity index (χ4n) is 3.47. The molecule has 118 valence electrons. The third-order valence-corrected chi connectivity index (χ3v) is 4.37. The molecule has 2 heteroatoms. The molecular weight excluding hydrogens is 258 g/mol. The predicted molar refractivity (Wildman–Crippen MR) is 89.7 cm³/mol. The Balaban J connectivity index is 2.09. The summed E-state index contributed by atoms with van der Waals surface area (Å²) >= 11 is 0. The zero-order valence-corrected chi connectivity index (χ0v) is 14.5. The number of benzene rings is 1. The molecule has 0 saturated heterocycles. The van der Waals surface area contributed by atoms with Crippen molar-refractivity contribution in [2.45, 2.75) is 65.8 Å². The summed E-state index contributed by atoms with van der Waals surface area (Å²) in [7, 11) is 0. The molecule has 0 saturated carbocycles. The van der Waals surface area contributed by atoms with Gasteiger partial charge in [0, 0.05) is 17.0 Å². The second-order valence-electron chi connectivity index (χ2n) is 8.64. The van der Waals surface area contributed by atoms with Gasteiger partial charge in [-0.05, 0) is 41.9 Å². The maximum absolute atomic E-state index is 6.46. The summed E-state index contributed by atoms with van der Waals surface area (Å²) in [5.41, 5.74) is 9.47. The van der Waals surface area contributed by atoms with Crippen molar-refractivity contribution in [2.24, 2.45) is 17.1 Å². The van der Waals surface area contributed by atoms with Gasteiger partial charge in [0.05, 0.1) is 6.61 Å². The molecular formula is C19H31NO. The highest BCUT2D eigenvalue weighted by Crippen LogP contribution is 2.40. The Labute approximate surface area is 130 Å². The van der Waals surface area contributed by atoms with Crippen molar-refractivity contribution in [3.8, 4) is 5.75 Å². The monoisotopic (exact) mass is 289 g/mol. The first-order chi connectivity index (χ1) is 9.58. The predicted octanol–water partition coefficient (Wildman–Crippen LogP) is 4.82. The van der Waals surface area contributed by atoms with Gasteiger partial charge < -0.3 is 10.5 Å². The molecule has 2 atom stereocenters. The molecule has 1 aliphatic heterocycles. The van der Waals surface area contributed by atoms with E-state index < -0.39 is 0 Å². The minimum Gasteiger partial charge on any atom is -0.492 e. The van der Waals surface area contributed by atoms with Crippen LogP contribution >= 0.6 is 0 Å². The van der Waals surface area contributed by atoms with E-state index in [1.54, 1.807) is 0 Å². The average molecular weight is 289 g/mol. The first-order valence-electron chi connectivity index (χ1n) is 8.11. The summed E-state index contributed by atoms with van der Waals surface area (Å²) in [6, 6.07) is 6.60. The van der Waals surface area contributed by atoms with Crippen molar-refractivity contribution < 1.29 is 4.74 Å². The molecule has 21 heavy (non-hydrogen) atoms. The van der Waals surface area contributed by atoms with Gasteiger partial charge in [0.15, 0.2) is 0 Å². The molecule has 0 radical (unpaired) electrons. The van der Waals surface area contributed by atoms with Crippen molar-refractivity contribution >= 4 is 0 Å². The van der Waals surface area contributed by atoms with Crippen LogP contribution in [0.4, 0.5) is 0 Å². The van der Waals surface area contributed by atoms with E-state index in [2.05, 4.69) is 59.7 Å². The Morgan fingerprint density at radius 1 is 1.29 bits per heavy atom. The van der Waals surface area contributed by atoms with Crippen LogP contribution in [0.15, 0.2) is 18.2 Å². The van der Waals surface area contributed by atoms with Crippen molar-refractivity contribution in [3.63, 3.8) is 0 Å². The molecule has 1 aromatic carbocycles. The van der Waals surface area contributed by atoms with Crippen LogP contribution < -0.4 is 10.5 Å². The molecule has 1 aromatic rings. The maximum Gasteiger partial charge on any atom is 0.123 e. The molecule has 0 fully saturated rings. The van der Waals surface area contributed by atoms with E-state index in [9.17, 15) is 0 Å². The van der Waals surface area contributed by atoms with Gasteiger partial charge in [-0.3, -0.25) is 0 Å². The average Bonchev–Trinajstić information content (AvgIpc) is 2.62. The number of fused-ring (bicyclic) bond motifs is 1. The Morgan fingerprint density at radius 2 is 1.95 bits per heavy atom. The molecule has 0 spiro atoms. The normalized spacial score (nSPS) is 19.8. The highest BCUT2D eigenvalue weighted by molar-refractivity contribution is 5.45. The summed E-state index contributed by atoms with van der Waals surface area (Å²) in [4.78, 5) is 0. The second-order valence-corrected chi connectivity index (χ2v) is 8.64. The van der Waals surface area contributed by atoms with E-state index in [0.29, 0.717) is 11.3 Å². The van der Waals surface area contributed by atoms with Crippen LogP contribution in [0.3, 0.4) is 0 Å². The third kappa shape index (κ3) is 4.00. The molecule has 0 bridgehead atoms. The topological polar surface area (TPSA) is 35.2 Å². The quantitative estimate of drug-likeness (QED) is 0.862.